The van der Waals surface area contributed by atoms with Crippen LogP contribution >= 0.6 is 0 Å². The molecule has 0 bridgehead atoms. The lowest BCUT2D eigenvalue weighted by Gasteiger charge is -2.30. The molecule has 2 aliphatic rings. The first-order valence-corrected chi connectivity index (χ1v) is 7.27. The third-order valence-corrected chi connectivity index (χ3v) is 5.50. The molecule has 0 aromatic rings. The van der Waals surface area contributed by atoms with Crippen molar-refractivity contribution in [1.29, 1.82) is 0 Å². The van der Waals surface area contributed by atoms with E-state index in [1.807, 2.05) is 0 Å². The van der Waals surface area contributed by atoms with Gasteiger partial charge in [0.1, 0.15) is 0 Å². The zero-order valence-electron chi connectivity index (χ0n) is 11.7. The summed E-state index contributed by atoms with van der Waals surface area (Å²) in [6.45, 7) is 6.90. The fraction of sp³-hybridized carbons (Fsp3) is 0.929. The lowest BCUT2D eigenvalue weighted by atomic mass is 9.82. The number of amides is 1. The van der Waals surface area contributed by atoms with Gasteiger partial charge < -0.3 is 11.5 Å². The molecule has 2 rings (SSSR count). The first-order valence-electron chi connectivity index (χ1n) is 7.27. The molecule has 0 aromatic heterocycles. The Morgan fingerprint density at radius 2 is 2.00 bits per heavy atom. The van der Waals surface area contributed by atoms with E-state index in [-0.39, 0.29) is 5.91 Å². The summed E-state index contributed by atoms with van der Waals surface area (Å²) in [5.41, 5.74) is 11.2. The van der Waals surface area contributed by atoms with Crippen molar-refractivity contribution in [2.75, 3.05) is 13.1 Å². The van der Waals surface area contributed by atoms with Crippen molar-refractivity contribution in [2.45, 2.75) is 64.0 Å². The molecule has 2 fully saturated rings. The van der Waals surface area contributed by atoms with Crippen molar-refractivity contribution in [3.63, 3.8) is 0 Å². The van der Waals surface area contributed by atoms with Crippen LogP contribution in [-0.4, -0.2) is 35.5 Å². The third kappa shape index (κ3) is 2.28. The zero-order valence-corrected chi connectivity index (χ0v) is 11.7. The average molecular weight is 253 g/mol. The molecule has 18 heavy (non-hydrogen) atoms. The highest BCUT2D eigenvalue weighted by atomic mass is 16.1. The molecule has 1 aliphatic heterocycles. The highest BCUT2D eigenvalue weighted by molar-refractivity contribution is 5.84. The molecule has 0 radical (unpaired) electrons. The van der Waals surface area contributed by atoms with Crippen molar-refractivity contribution >= 4 is 5.91 Å². The fourth-order valence-corrected chi connectivity index (χ4v) is 3.69. The van der Waals surface area contributed by atoms with Gasteiger partial charge in [0.15, 0.2) is 0 Å². The van der Waals surface area contributed by atoms with E-state index in [2.05, 4.69) is 18.7 Å². The van der Waals surface area contributed by atoms with Crippen LogP contribution in [0.3, 0.4) is 0 Å². The van der Waals surface area contributed by atoms with E-state index in [0.717, 1.165) is 25.8 Å². The third-order valence-electron chi connectivity index (χ3n) is 5.50. The van der Waals surface area contributed by atoms with Crippen LogP contribution in [0.2, 0.25) is 0 Å². The van der Waals surface area contributed by atoms with Crippen LogP contribution in [0.15, 0.2) is 0 Å². The summed E-state index contributed by atoms with van der Waals surface area (Å²) in [4.78, 5) is 13.9. The van der Waals surface area contributed by atoms with E-state index in [0.29, 0.717) is 11.5 Å². The van der Waals surface area contributed by atoms with Gasteiger partial charge in [0.25, 0.3) is 0 Å². The quantitative estimate of drug-likeness (QED) is 0.791. The Hall–Kier alpha value is -0.610. The maximum Gasteiger partial charge on any atom is 0.237 e. The minimum Gasteiger partial charge on any atom is -0.368 e. The molecule has 4 heteroatoms. The van der Waals surface area contributed by atoms with E-state index >= 15 is 0 Å². The second-order valence-corrected chi connectivity index (χ2v) is 6.34. The van der Waals surface area contributed by atoms with Gasteiger partial charge >= 0.3 is 0 Å². The van der Waals surface area contributed by atoms with Crippen molar-refractivity contribution in [3.05, 3.63) is 0 Å². The summed E-state index contributed by atoms with van der Waals surface area (Å²) in [6, 6.07) is 0.461. The topological polar surface area (TPSA) is 72.3 Å². The summed E-state index contributed by atoms with van der Waals surface area (Å²) in [7, 11) is 0. The van der Waals surface area contributed by atoms with E-state index in [1.54, 1.807) is 0 Å². The molecule has 0 spiro atoms. The lowest BCUT2D eigenvalue weighted by molar-refractivity contribution is -0.123. The number of rotatable bonds is 4. The van der Waals surface area contributed by atoms with E-state index < -0.39 is 5.54 Å². The minimum atomic E-state index is -0.756. The van der Waals surface area contributed by atoms with Gasteiger partial charge in [0.2, 0.25) is 5.91 Å². The van der Waals surface area contributed by atoms with Crippen molar-refractivity contribution in [3.8, 4) is 0 Å². The molecular weight excluding hydrogens is 226 g/mol. The monoisotopic (exact) mass is 253 g/mol. The maximum absolute atomic E-state index is 11.4. The number of carbonyl (C=O) groups is 1. The molecule has 1 amide bonds. The minimum absolute atomic E-state index is 0.332. The number of likely N-dealkylation sites (tertiary alicyclic amines) is 1. The zero-order chi connectivity index (χ0) is 13.4. The Morgan fingerprint density at radius 3 is 2.44 bits per heavy atom. The van der Waals surface area contributed by atoms with E-state index in [9.17, 15) is 4.79 Å². The Labute approximate surface area is 110 Å². The second kappa shape index (κ2) is 4.82. The fourth-order valence-electron chi connectivity index (χ4n) is 3.69. The number of primary amides is 1. The smallest absolute Gasteiger partial charge is 0.237 e. The molecule has 2 atom stereocenters. The van der Waals surface area contributed by atoms with Gasteiger partial charge in [-0.3, -0.25) is 9.69 Å². The first-order chi connectivity index (χ1) is 8.45. The van der Waals surface area contributed by atoms with Crippen LogP contribution in [0.1, 0.15) is 52.4 Å². The van der Waals surface area contributed by atoms with Crippen LogP contribution < -0.4 is 11.5 Å². The molecule has 4 N–H and O–H groups in total. The number of hydrogen-bond acceptors (Lipinski definition) is 3. The van der Waals surface area contributed by atoms with Crippen LogP contribution in [0, 0.1) is 5.41 Å². The standard InChI is InChI=1S/C14H27N3O/c1-3-13(4-2)7-8-17(10-13)11-5-6-14(16,9-11)12(15)18/h11H,3-10,16H2,1-2H3,(H2,15,18). The molecule has 1 aliphatic carbocycles. The number of nitrogens with two attached hydrogens (primary N) is 2. The van der Waals surface area contributed by atoms with Crippen molar-refractivity contribution < 1.29 is 4.79 Å². The largest absolute Gasteiger partial charge is 0.368 e. The average Bonchev–Trinajstić information content (AvgIpc) is 2.94. The molecule has 0 aromatic carbocycles. The lowest BCUT2D eigenvalue weighted by Crippen LogP contribution is -2.51. The predicted molar refractivity (Wildman–Crippen MR) is 73.0 cm³/mol. The molecule has 1 saturated heterocycles. The highest BCUT2D eigenvalue weighted by Gasteiger charge is 2.45. The second-order valence-electron chi connectivity index (χ2n) is 6.34. The number of nitrogens with zero attached hydrogens (tertiary/aromatic N) is 1. The van der Waals surface area contributed by atoms with Gasteiger partial charge in [-0.15, -0.1) is 0 Å². The number of hydrogen-bond donors (Lipinski definition) is 2. The van der Waals surface area contributed by atoms with Crippen LogP contribution in [0.4, 0.5) is 0 Å². The highest BCUT2D eigenvalue weighted by Crippen LogP contribution is 2.41. The van der Waals surface area contributed by atoms with Gasteiger partial charge in [0, 0.05) is 12.6 Å². The van der Waals surface area contributed by atoms with Gasteiger partial charge in [-0.05, 0) is 50.5 Å². The normalized spacial score (nSPS) is 36.1. The Kier molecular flexibility index (Phi) is 3.70. The molecular formula is C14H27N3O. The van der Waals surface area contributed by atoms with Gasteiger partial charge in [-0.1, -0.05) is 13.8 Å². The Balaban J connectivity index is 1.98. The summed E-state index contributed by atoms with van der Waals surface area (Å²) in [5, 5.41) is 0. The van der Waals surface area contributed by atoms with Gasteiger partial charge in [0.05, 0.1) is 5.54 Å². The van der Waals surface area contributed by atoms with E-state index in [1.165, 1.54) is 25.8 Å². The summed E-state index contributed by atoms with van der Waals surface area (Å²) in [6.07, 6.45) is 6.28. The number of carbonyl (C=O) groups excluding carboxylic acids is 1. The summed E-state index contributed by atoms with van der Waals surface area (Å²) in [5.74, 6) is -0.332. The van der Waals surface area contributed by atoms with Gasteiger partial charge in [-0.25, -0.2) is 0 Å². The van der Waals surface area contributed by atoms with Crippen LogP contribution in [-0.2, 0) is 4.79 Å². The summed E-state index contributed by atoms with van der Waals surface area (Å²) >= 11 is 0. The van der Waals surface area contributed by atoms with Crippen LogP contribution in [0.5, 0.6) is 0 Å². The molecule has 4 nitrogen and oxygen atoms in total. The van der Waals surface area contributed by atoms with Crippen molar-refractivity contribution in [1.82, 2.24) is 4.90 Å². The predicted octanol–water partition coefficient (Wildman–Crippen LogP) is 1.23. The molecule has 1 heterocycles. The van der Waals surface area contributed by atoms with E-state index in [4.69, 9.17) is 11.5 Å². The SMILES string of the molecule is CCC1(CC)CCN(C2CCC(N)(C(N)=O)C2)C1. The summed E-state index contributed by atoms with van der Waals surface area (Å²) < 4.78 is 0. The maximum atomic E-state index is 11.4. The Bertz CT molecular complexity index is 327. The first kappa shape index (κ1) is 13.8. The molecule has 104 valence electrons. The van der Waals surface area contributed by atoms with Crippen molar-refractivity contribution in [2.24, 2.45) is 16.9 Å². The molecule has 1 saturated carbocycles. The van der Waals surface area contributed by atoms with Gasteiger partial charge in [-0.2, -0.15) is 0 Å². The van der Waals surface area contributed by atoms with Crippen LogP contribution in [0.25, 0.3) is 0 Å². The Morgan fingerprint density at radius 1 is 1.33 bits per heavy atom. The molecule has 2 unspecified atom stereocenters.